The molecule has 0 atom stereocenters. The summed E-state index contributed by atoms with van der Waals surface area (Å²) in [5, 5.41) is 20.9. The fraction of sp³-hybridized carbons (Fsp3) is 0. The number of allylic oxidation sites excluding steroid dienone is 1. The van der Waals surface area contributed by atoms with Gasteiger partial charge in [-0.2, -0.15) is 5.26 Å². The number of benzene rings is 2. The first-order valence-corrected chi connectivity index (χ1v) is 10.5. The van der Waals surface area contributed by atoms with Gasteiger partial charge in [0.25, 0.3) is 11.6 Å². The van der Waals surface area contributed by atoms with E-state index in [2.05, 4.69) is 11.1 Å². The average molecular weight is 451 g/mol. The van der Waals surface area contributed by atoms with Gasteiger partial charge in [0.05, 0.1) is 20.0 Å². The summed E-state index contributed by atoms with van der Waals surface area (Å²) in [6, 6.07) is 15.5. The molecule has 7 nitrogen and oxygen atoms in total. The summed E-state index contributed by atoms with van der Waals surface area (Å²) in [4.78, 5) is 29.2. The van der Waals surface area contributed by atoms with Crippen molar-refractivity contribution in [1.82, 2.24) is 9.88 Å². The zero-order chi connectivity index (χ0) is 21.3. The summed E-state index contributed by atoms with van der Waals surface area (Å²) < 4.78 is 1.24. The lowest BCUT2D eigenvalue weighted by Gasteiger charge is -2.08. The maximum absolute atomic E-state index is 12.8. The normalized spacial score (nSPS) is 15.8. The van der Waals surface area contributed by atoms with E-state index in [-0.39, 0.29) is 17.2 Å². The van der Waals surface area contributed by atoms with Crippen molar-refractivity contribution in [2.24, 2.45) is 0 Å². The number of carbonyl (C=O) groups is 1. The third-order valence-electron chi connectivity index (χ3n) is 4.13. The van der Waals surface area contributed by atoms with Gasteiger partial charge in [0, 0.05) is 18.3 Å². The molecule has 30 heavy (non-hydrogen) atoms. The van der Waals surface area contributed by atoms with Crippen LogP contribution in [0.5, 0.6) is 0 Å². The van der Waals surface area contributed by atoms with Crippen molar-refractivity contribution < 1.29 is 9.72 Å². The summed E-state index contributed by atoms with van der Waals surface area (Å²) >= 11 is 7.78. The summed E-state index contributed by atoms with van der Waals surface area (Å²) in [6.07, 6.45) is 3.02. The monoisotopic (exact) mass is 450 g/mol. The van der Waals surface area contributed by atoms with Crippen LogP contribution in [0.25, 0.3) is 21.9 Å². The van der Waals surface area contributed by atoms with E-state index in [0.29, 0.717) is 19.8 Å². The number of nitriles is 1. The molecule has 146 valence electrons. The molecule has 0 aliphatic carbocycles. The first kappa shape index (κ1) is 19.9. The fourth-order valence-electron chi connectivity index (χ4n) is 2.68. The van der Waals surface area contributed by atoms with E-state index < -0.39 is 4.92 Å². The molecule has 4 rings (SSSR count). The van der Waals surface area contributed by atoms with Gasteiger partial charge in [-0.25, -0.2) is 4.98 Å². The second-order valence-corrected chi connectivity index (χ2v) is 8.75. The van der Waals surface area contributed by atoms with Gasteiger partial charge < -0.3 is 0 Å². The SMILES string of the molecule is N#C/C(=C\N1C(=O)/C(=C/c2ccc([N+](=O)[O-])cc2)SC1=S)c1nc2ccccc2s1. The molecule has 0 unspecified atom stereocenters. The van der Waals surface area contributed by atoms with E-state index >= 15 is 0 Å². The number of thioether (sulfide) groups is 1. The molecule has 1 saturated heterocycles. The number of non-ortho nitro benzene ring substituents is 1. The van der Waals surface area contributed by atoms with Crippen LogP contribution >= 0.6 is 35.3 Å². The number of fused-ring (bicyclic) bond motifs is 1. The van der Waals surface area contributed by atoms with Crippen molar-refractivity contribution in [2.45, 2.75) is 0 Å². The van der Waals surface area contributed by atoms with E-state index in [0.717, 1.165) is 22.0 Å². The molecule has 0 N–H and O–H groups in total. The van der Waals surface area contributed by atoms with E-state index in [9.17, 15) is 20.2 Å². The molecule has 0 saturated carbocycles. The Morgan fingerprint density at radius 1 is 1.23 bits per heavy atom. The standard InChI is InChI=1S/C20H10N4O3S3/c21-10-13(18-22-15-3-1-2-4-16(15)29-18)11-23-19(25)17(30-20(23)28)9-12-5-7-14(8-6-12)24(26)27/h1-9,11H/b13-11+,17-9-. The summed E-state index contributed by atoms with van der Waals surface area (Å²) in [5.74, 6) is -0.364. The Kier molecular flexibility index (Phi) is 5.41. The Morgan fingerprint density at radius 2 is 1.97 bits per heavy atom. The van der Waals surface area contributed by atoms with Gasteiger partial charge in [0.15, 0.2) is 4.32 Å². The highest BCUT2D eigenvalue weighted by molar-refractivity contribution is 8.26. The van der Waals surface area contributed by atoms with Crippen molar-refractivity contribution in [3.8, 4) is 6.07 Å². The third kappa shape index (κ3) is 3.86. The average Bonchev–Trinajstić information content (AvgIpc) is 3.28. The van der Waals surface area contributed by atoms with Crippen LogP contribution in [0.2, 0.25) is 0 Å². The summed E-state index contributed by atoms with van der Waals surface area (Å²) in [6.45, 7) is 0. The highest BCUT2D eigenvalue weighted by atomic mass is 32.2. The maximum Gasteiger partial charge on any atom is 0.270 e. The Bertz CT molecular complexity index is 1270. The van der Waals surface area contributed by atoms with Gasteiger partial charge in [0.1, 0.15) is 16.6 Å². The Hall–Kier alpha value is -3.39. The van der Waals surface area contributed by atoms with Gasteiger partial charge in [-0.15, -0.1) is 11.3 Å². The Balaban J connectivity index is 1.63. The van der Waals surface area contributed by atoms with Crippen molar-refractivity contribution in [3.05, 3.63) is 80.3 Å². The number of nitrogens with zero attached hydrogens (tertiary/aromatic N) is 4. The molecule has 0 spiro atoms. The summed E-state index contributed by atoms with van der Waals surface area (Å²) in [5.41, 5.74) is 1.63. The molecule has 2 heterocycles. The molecule has 3 aromatic rings. The number of amides is 1. The quantitative estimate of drug-likeness (QED) is 0.182. The van der Waals surface area contributed by atoms with Crippen LogP contribution in [0.4, 0.5) is 5.69 Å². The van der Waals surface area contributed by atoms with Gasteiger partial charge in [-0.05, 0) is 35.9 Å². The second kappa shape index (κ2) is 8.16. The van der Waals surface area contributed by atoms with Crippen LogP contribution in [-0.4, -0.2) is 25.0 Å². The number of para-hydroxylation sites is 1. The minimum atomic E-state index is -0.487. The first-order chi connectivity index (χ1) is 14.5. The molecule has 2 aromatic carbocycles. The maximum atomic E-state index is 12.8. The first-order valence-electron chi connectivity index (χ1n) is 8.45. The van der Waals surface area contributed by atoms with E-state index in [1.165, 1.54) is 34.6 Å². The van der Waals surface area contributed by atoms with Gasteiger partial charge in [0.2, 0.25) is 0 Å². The number of thiazole rings is 1. The molecule has 10 heteroatoms. The summed E-state index contributed by atoms with van der Waals surface area (Å²) in [7, 11) is 0. The van der Waals surface area contributed by atoms with Crippen molar-refractivity contribution in [2.75, 3.05) is 0 Å². The van der Waals surface area contributed by atoms with E-state index in [1.807, 2.05) is 24.3 Å². The highest BCUT2D eigenvalue weighted by Crippen LogP contribution is 2.35. The van der Waals surface area contributed by atoms with Crippen LogP contribution in [0.3, 0.4) is 0 Å². The van der Waals surface area contributed by atoms with Crippen molar-refractivity contribution in [3.63, 3.8) is 0 Å². The lowest BCUT2D eigenvalue weighted by Crippen LogP contribution is -2.22. The highest BCUT2D eigenvalue weighted by Gasteiger charge is 2.31. The Morgan fingerprint density at radius 3 is 2.63 bits per heavy atom. The second-order valence-electron chi connectivity index (χ2n) is 6.04. The van der Waals surface area contributed by atoms with Crippen LogP contribution in [0, 0.1) is 21.4 Å². The molecule has 1 fully saturated rings. The fourth-order valence-corrected chi connectivity index (χ4v) is 4.82. The largest absolute Gasteiger partial charge is 0.270 e. The molecule has 1 amide bonds. The van der Waals surface area contributed by atoms with Crippen molar-refractivity contribution >= 4 is 73.1 Å². The number of nitro groups is 1. The smallest absolute Gasteiger partial charge is 0.268 e. The third-order valence-corrected chi connectivity index (χ3v) is 6.53. The lowest BCUT2D eigenvalue weighted by molar-refractivity contribution is -0.384. The number of thiocarbonyl (C=S) groups is 1. The van der Waals surface area contributed by atoms with Crippen LogP contribution in [0.15, 0.2) is 59.6 Å². The predicted molar refractivity (Wildman–Crippen MR) is 121 cm³/mol. The number of carbonyl (C=O) groups excluding carboxylic acids is 1. The molecular formula is C20H10N4O3S3. The van der Waals surface area contributed by atoms with E-state index in [1.54, 1.807) is 18.2 Å². The van der Waals surface area contributed by atoms with Gasteiger partial charge in [-0.1, -0.05) is 36.1 Å². The number of nitro benzene ring substituents is 1. The molecule has 1 aromatic heterocycles. The molecule has 1 aliphatic heterocycles. The number of rotatable bonds is 4. The molecular weight excluding hydrogens is 440 g/mol. The van der Waals surface area contributed by atoms with E-state index in [4.69, 9.17) is 12.2 Å². The predicted octanol–water partition coefficient (Wildman–Crippen LogP) is 4.97. The van der Waals surface area contributed by atoms with Gasteiger partial charge in [-0.3, -0.25) is 19.8 Å². The zero-order valence-electron chi connectivity index (χ0n) is 15.0. The zero-order valence-corrected chi connectivity index (χ0v) is 17.5. The van der Waals surface area contributed by atoms with Crippen LogP contribution in [-0.2, 0) is 4.79 Å². The van der Waals surface area contributed by atoms with Crippen LogP contribution in [0.1, 0.15) is 10.6 Å². The Labute approximate surface area is 184 Å². The number of hydrogen-bond acceptors (Lipinski definition) is 8. The van der Waals surface area contributed by atoms with Crippen LogP contribution < -0.4 is 0 Å². The minimum absolute atomic E-state index is 0.0304. The lowest BCUT2D eigenvalue weighted by atomic mass is 10.2. The molecule has 0 radical (unpaired) electrons. The molecule has 1 aliphatic rings. The topological polar surface area (TPSA) is 100 Å². The number of aromatic nitrogens is 1. The molecule has 0 bridgehead atoms. The van der Waals surface area contributed by atoms with Crippen molar-refractivity contribution in [1.29, 1.82) is 5.26 Å². The minimum Gasteiger partial charge on any atom is -0.268 e. The number of hydrogen-bond donors (Lipinski definition) is 0. The van der Waals surface area contributed by atoms with Gasteiger partial charge >= 0.3 is 0 Å².